The van der Waals surface area contributed by atoms with Crippen LogP contribution in [0.2, 0.25) is 0 Å². The zero-order chi connectivity index (χ0) is 22.1. The Balaban J connectivity index is 1.77. The molecule has 0 bridgehead atoms. The number of benzene rings is 2. The van der Waals surface area contributed by atoms with Gasteiger partial charge in [-0.1, -0.05) is 6.07 Å². The molecular weight excluding hydrogens is 452 g/mol. The molecule has 30 heavy (non-hydrogen) atoms. The van der Waals surface area contributed by atoms with Gasteiger partial charge < -0.3 is 15.4 Å². The van der Waals surface area contributed by atoms with Crippen molar-refractivity contribution in [2.75, 3.05) is 17.2 Å². The van der Waals surface area contributed by atoms with Crippen molar-refractivity contribution in [3.8, 4) is 5.75 Å². The molecule has 3 amide bonds. The summed E-state index contributed by atoms with van der Waals surface area (Å²) < 4.78 is 6.21. The lowest BCUT2D eigenvalue weighted by molar-refractivity contribution is -0.123. The Kier molecular flexibility index (Phi) is 8.54. The number of hydrogen-bond acceptors (Lipinski definition) is 5. The molecule has 158 valence electrons. The first-order chi connectivity index (χ1) is 14.2. The number of rotatable bonds is 8. The van der Waals surface area contributed by atoms with Crippen LogP contribution in [0.1, 0.15) is 25.8 Å². The summed E-state index contributed by atoms with van der Waals surface area (Å²) in [5.41, 5.74) is 5.10. The summed E-state index contributed by atoms with van der Waals surface area (Å²) in [6.07, 6.45) is 0.0120. The van der Waals surface area contributed by atoms with Crippen molar-refractivity contribution in [2.45, 2.75) is 27.2 Å². The monoisotopic (exact) mass is 474 g/mol. The molecule has 0 unspecified atom stereocenters. The summed E-state index contributed by atoms with van der Waals surface area (Å²) in [6, 6.07) is 12.3. The van der Waals surface area contributed by atoms with E-state index < -0.39 is 5.91 Å². The Morgan fingerprint density at radius 1 is 0.967 bits per heavy atom. The maximum atomic E-state index is 12.1. The standard InChI is InChI=1S/C21H23BrN4O4/c1-13-4-9-19(18(22)10-13)30-12-21(29)26-25-14(2)11-20(28)24-17-7-5-16(6-8-17)23-15(3)27/h4-10H,11-12H2,1-3H3,(H,23,27)(H,24,28)(H,26,29)/b25-14-. The first-order valence-electron chi connectivity index (χ1n) is 9.11. The molecule has 0 fully saturated rings. The number of hydrogen-bond donors (Lipinski definition) is 3. The fourth-order valence-electron chi connectivity index (χ4n) is 2.37. The van der Waals surface area contributed by atoms with E-state index in [2.05, 4.69) is 37.1 Å². The summed E-state index contributed by atoms with van der Waals surface area (Å²) in [4.78, 5) is 35.0. The van der Waals surface area contributed by atoms with Crippen LogP contribution >= 0.6 is 15.9 Å². The van der Waals surface area contributed by atoms with E-state index in [1.807, 2.05) is 19.1 Å². The summed E-state index contributed by atoms with van der Waals surface area (Å²) in [7, 11) is 0. The van der Waals surface area contributed by atoms with Crippen molar-refractivity contribution in [2.24, 2.45) is 5.10 Å². The normalized spacial score (nSPS) is 10.9. The quantitative estimate of drug-likeness (QED) is 0.400. The average Bonchev–Trinajstić information content (AvgIpc) is 2.66. The second-order valence-electron chi connectivity index (χ2n) is 6.59. The Morgan fingerprint density at radius 2 is 1.60 bits per heavy atom. The highest BCUT2D eigenvalue weighted by Gasteiger charge is 2.08. The summed E-state index contributed by atoms with van der Waals surface area (Å²) >= 11 is 3.38. The lowest BCUT2D eigenvalue weighted by Crippen LogP contribution is -2.26. The number of aryl methyl sites for hydroxylation is 1. The van der Waals surface area contributed by atoms with Crippen LogP contribution in [0.5, 0.6) is 5.75 Å². The number of nitrogens with zero attached hydrogens (tertiary/aromatic N) is 1. The lowest BCUT2D eigenvalue weighted by Gasteiger charge is -2.08. The minimum atomic E-state index is -0.434. The fraction of sp³-hybridized carbons (Fsp3) is 0.238. The molecule has 0 aliphatic rings. The van der Waals surface area contributed by atoms with E-state index in [0.717, 1.165) is 10.0 Å². The van der Waals surface area contributed by atoms with Gasteiger partial charge in [0.15, 0.2) is 6.61 Å². The molecule has 0 spiro atoms. The molecule has 9 heteroatoms. The first-order valence-corrected chi connectivity index (χ1v) is 9.90. The predicted molar refractivity (Wildman–Crippen MR) is 120 cm³/mol. The van der Waals surface area contributed by atoms with Crippen molar-refractivity contribution < 1.29 is 19.1 Å². The Bertz CT molecular complexity index is 958. The maximum absolute atomic E-state index is 12.1. The van der Waals surface area contributed by atoms with Gasteiger partial charge in [0, 0.05) is 24.0 Å². The van der Waals surface area contributed by atoms with E-state index in [0.29, 0.717) is 22.8 Å². The van der Waals surface area contributed by atoms with Crippen LogP contribution < -0.4 is 20.8 Å². The van der Waals surface area contributed by atoms with Gasteiger partial charge in [-0.25, -0.2) is 5.43 Å². The predicted octanol–water partition coefficient (Wildman–Crippen LogP) is 3.62. The first kappa shape index (κ1) is 23.1. The third-order valence-corrected chi connectivity index (χ3v) is 4.34. The van der Waals surface area contributed by atoms with Crippen LogP contribution in [0.4, 0.5) is 11.4 Å². The molecule has 8 nitrogen and oxygen atoms in total. The minimum absolute atomic E-state index is 0.0120. The summed E-state index contributed by atoms with van der Waals surface area (Å²) in [5, 5.41) is 9.29. The molecule has 0 saturated carbocycles. The number of carbonyl (C=O) groups excluding carboxylic acids is 3. The van der Waals surface area contributed by atoms with E-state index in [1.165, 1.54) is 6.92 Å². The Hall–Kier alpha value is -3.20. The molecule has 2 aromatic rings. The molecular formula is C21H23BrN4O4. The van der Waals surface area contributed by atoms with Gasteiger partial charge in [-0.05, 0) is 71.7 Å². The molecule has 0 aliphatic carbocycles. The van der Waals surface area contributed by atoms with E-state index in [9.17, 15) is 14.4 Å². The van der Waals surface area contributed by atoms with Crippen molar-refractivity contribution in [1.29, 1.82) is 0 Å². The summed E-state index contributed by atoms with van der Waals surface area (Å²) in [5.74, 6) is -0.327. The molecule has 0 heterocycles. The molecule has 2 rings (SSSR count). The highest BCUT2D eigenvalue weighted by Crippen LogP contribution is 2.25. The highest BCUT2D eigenvalue weighted by molar-refractivity contribution is 9.10. The number of hydrazone groups is 1. The Morgan fingerprint density at radius 3 is 2.20 bits per heavy atom. The summed E-state index contributed by atoms with van der Waals surface area (Å²) in [6.45, 7) is 4.81. The molecule has 0 radical (unpaired) electrons. The maximum Gasteiger partial charge on any atom is 0.277 e. The molecule has 2 aromatic carbocycles. The van der Waals surface area contributed by atoms with E-state index >= 15 is 0 Å². The van der Waals surface area contributed by atoms with Gasteiger partial charge in [0.25, 0.3) is 5.91 Å². The molecule has 0 aromatic heterocycles. The molecule has 0 saturated heterocycles. The minimum Gasteiger partial charge on any atom is -0.483 e. The van der Waals surface area contributed by atoms with Gasteiger partial charge in [-0.3, -0.25) is 14.4 Å². The number of carbonyl (C=O) groups is 3. The van der Waals surface area contributed by atoms with Crippen LogP contribution in [0.25, 0.3) is 0 Å². The second-order valence-corrected chi connectivity index (χ2v) is 7.44. The smallest absolute Gasteiger partial charge is 0.277 e. The Labute approximate surface area is 183 Å². The topological polar surface area (TPSA) is 109 Å². The van der Waals surface area contributed by atoms with Crippen molar-refractivity contribution in [3.05, 3.63) is 52.5 Å². The van der Waals surface area contributed by atoms with Gasteiger partial charge in [0.1, 0.15) is 5.75 Å². The lowest BCUT2D eigenvalue weighted by atomic mass is 10.2. The zero-order valence-corrected chi connectivity index (χ0v) is 18.5. The van der Waals surface area contributed by atoms with Crippen molar-refractivity contribution in [3.63, 3.8) is 0 Å². The number of nitrogens with one attached hydrogen (secondary N) is 3. The van der Waals surface area contributed by atoms with Crippen molar-refractivity contribution in [1.82, 2.24) is 5.43 Å². The number of ether oxygens (including phenoxy) is 1. The number of anilines is 2. The van der Waals surface area contributed by atoms with Crippen molar-refractivity contribution >= 4 is 50.7 Å². The highest BCUT2D eigenvalue weighted by atomic mass is 79.9. The van der Waals surface area contributed by atoms with Gasteiger partial charge in [-0.15, -0.1) is 0 Å². The van der Waals surface area contributed by atoms with Crippen LogP contribution in [-0.4, -0.2) is 30.0 Å². The van der Waals surface area contributed by atoms with Crippen LogP contribution in [0.15, 0.2) is 52.0 Å². The van der Waals surface area contributed by atoms with Crippen LogP contribution in [-0.2, 0) is 14.4 Å². The van der Waals surface area contributed by atoms with Gasteiger partial charge >= 0.3 is 0 Å². The molecule has 3 N–H and O–H groups in total. The molecule has 0 aliphatic heterocycles. The van der Waals surface area contributed by atoms with E-state index in [4.69, 9.17) is 4.74 Å². The van der Waals surface area contributed by atoms with Gasteiger partial charge in [-0.2, -0.15) is 5.10 Å². The fourth-order valence-corrected chi connectivity index (χ4v) is 2.98. The van der Waals surface area contributed by atoms with Gasteiger partial charge in [0.05, 0.1) is 10.9 Å². The molecule has 0 atom stereocenters. The third kappa shape index (κ3) is 8.04. The van der Waals surface area contributed by atoms with E-state index in [1.54, 1.807) is 37.3 Å². The largest absolute Gasteiger partial charge is 0.483 e. The second kappa shape index (κ2) is 11.1. The van der Waals surface area contributed by atoms with E-state index in [-0.39, 0.29) is 24.8 Å². The van der Waals surface area contributed by atoms with Crippen LogP contribution in [0, 0.1) is 6.92 Å². The third-order valence-electron chi connectivity index (χ3n) is 3.72. The number of halogens is 1. The zero-order valence-electron chi connectivity index (χ0n) is 16.9. The van der Waals surface area contributed by atoms with Crippen LogP contribution in [0.3, 0.4) is 0 Å². The number of amides is 3. The van der Waals surface area contributed by atoms with Gasteiger partial charge in [0.2, 0.25) is 11.8 Å². The SMILES string of the molecule is CC(=O)Nc1ccc(NC(=O)C/C(C)=N\NC(=O)COc2ccc(C)cc2Br)cc1. The average molecular weight is 475 g/mol.